The Kier molecular flexibility index (Phi) is 7.85. The fourth-order valence-electron chi connectivity index (χ4n) is 3.02. The highest BCUT2D eigenvalue weighted by atomic mass is 16.5. The number of nitrogens with zero attached hydrogens (tertiary/aromatic N) is 2. The number of likely N-dealkylation sites (N-methyl/N-ethyl adjacent to an activating group) is 1. The lowest BCUT2D eigenvalue weighted by Gasteiger charge is -2.22. The molecule has 1 heterocycles. The van der Waals surface area contributed by atoms with Crippen molar-refractivity contribution in [3.8, 4) is 11.5 Å². The Bertz CT molecular complexity index is 1040. The van der Waals surface area contributed by atoms with E-state index in [4.69, 9.17) is 15.2 Å². The van der Waals surface area contributed by atoms with Gasteiger partial charge < -0.3 is 20.1 Å². The van der Waals surface area contributed by atoms with E-state index < -0.39 is 17.2 Å². The van der Waals surface area contributed by atoms with E-state index in [0.29, 0.717) is 30.0 Å². The second kappa shape index (κ2) is 10.3. The zero-order valence-corrected chi connectivity index (χ0v) is 17.7. The third-order valence-electron chi connectivity index (χ3n) is 4.64. The standard InChI is InChI=1S/C21H28N4O5/c1-5-7-12-25-19(22)18(20(27)23-21(25)28)24(6-2)17(26)11-8-14-13-15(29-3)9-10-16(14)30-4/h8-11,13H,5-7,12,22H2,1-4H3,(H,23,27,28)/b11-8+. The monoisotopic (exact) mass is 416 g/mol. The number of hydrogen-bond donors (Lipinski definition) is 2. The van der Waals surface area contributed by atoms with Gasteiger partial charge in [0, 0.05) is 24.7 Å². The van der Waals surface area contributed by atoms with Crippen molar-refractivity contribution < 1.29 is 14.3 Å². The molecule has 0 aliphatic rings. The SMILES string of the molecule is CCCCn1c(N)c(N(CC)C(=O)/C=C/c2cc(OC)ccc2OC)c(=O)[nH]c1=O. The van der Waals surface area contributed by atoms with Crippen LogP contribution in [0.3, 0.4) is 0 Å². The molecule has 9 heteroatoms. The molecule has 1 aromatic carbocycles. The van der Waals surface area contributed by atoms with Crippen LogP contribution >= 0.6 is 0 Å². The number of hydrogen-bond acceptors (Lipinski definition) is 6. The number of nitrogens with two attached hydrogens (primary N) is 1. The lowest BCUT2D eigenvalue weighted by atomic mass is 10.1. The largest absolute Gasteiger partial charge is 0.497 e. The molecule has 0 spiro atoms. The Morgan fingerprint density at radius 1 is 1.23 bits per heavy atom. The first-order valence-corrected chi connectivity index (χ1v) is 9.72. The van der Waals surface area contributed by atoms with Gasteiger partial charge in [-0.1, -0.05) is 13.3 Å². The maximum Gasteiger partial charge on any atom is 0.330 e. The maximum absolute atomic E-state index is 12.9. The molecule has 3 N–H and O–H groups in total. The van der Waals surface area contributed by atoms with E-state index in [1.54, 1.807) is 38.3 Å². The number of aromatic nitrogens is 2. The highest BCUT2D eigenvalue weighted by Gasteiger charge is 2.21. The zero-order valence-electron chi connectivity index (χ0n) is 17.7. The minimum atomic E-state index is -0.701. The van der Waals surface area contributed by atoms with Crippen LogP contribution in [0.5, 0.6) is 11.5 Å². The summed E-state index contributed by atoms with van der Waals surface area (Å²) < 4.78 is 11.8. The van der Waals surface area contributed by atoms with Crippen LogP contribution in [0.25, 0.3) is 6.08 Å². The lowest BCUT2D eigenvalue weighted by Crippen LogP contribution is -2.40. The number of unbranched alkanes of at least 4 members (excludes halogenated alkanes) is 1. The van der Waals surface area contributed by atoms with Gasteiger partial charge in [0.1, 0.15) is 17.3 Å². The first kappa shape index (κ1) is 22.8. The molecular weight excluding hydrogens is 388 g/mol. The van der Waals surface area contributed by atoms with Crippen LogP contribution in [0.4, 0.5) is 11.5 Å². The summed E-state index contributed by atoms with van der Waals surface area (Å²) >= 11 is 0. The number of carbonyl (C=O) groups is 1. The summed E-state index contributed by atoms with van der Waals surface area (Å²) in [6.45, 7) is 4.25. The number of benzene rings is 1. The molecule has 2 aromatic rings. The molecule has 162 valence electrons. The van der Waals surface area contributed by atoms with E-state index in [2.05, 4.69) is 4.98 Å². The highest BCUT2D eigenvalue weighted by molar-refractivity contribution is 6.05. The zero-order chi connectivity index (χ0) is 22.3. The minimum absolute atomic E-state index is 0.0280. The van der Waals surface area contributed by atoms with Gasteiger partial charge in [-0.25, -0.2) is 4.79 Å². The van der Waals surface area contributed by atoms with Gasteiger partial charge in [-0.2, -0.15) is 0 Å². The van der Waals surface area contributed by atoms with Gasteiger partial charge in [0.2, 0.25) is 0 Å². The molecule has 2 rings (SSSR count). The topological polar surface area (TPSA) is 120 Å². The highest BCUT2D eigenvalue weighted by Crippen LogP contribution is 2.25. The Hall–Kier alpha value is -3.49. The van der Waals surface area contributed by atoms with Gasteiger partial charge in [0.25, 0.3) is 11.5 Å². The number of aromatic amines is 1. The molecule has 0 saturated carbocycles. The van der Waals surface area contributed by atoms with Crippen LogP contribution in [0, 0.1) is 0 Å². The number of ether oxygens (including phenoxy) is 2. The van der Waals surface area contributed by atoms with Crippen LogP contribution in [-0.2, 0) is 11.3 Å². The molecule has 0 unspecified atom stereocenters. The van der Waals surface area contributed by atoms with Crippen molar-refractivity contribution >= 4 is 23.5 Å². The van der Waals surface area contributed by atoms with E-state index >= 15 is 0 Å². The van der Waals surface area contributed by atoms with Crippen molar-refractivity contribution in [3.05, 3.63) is 50.7 Å². The Morgan fingerprint density at radius 2 is 1.97 bits per heavy atom. The summed E-state index contributed by atoms with van der Waals surface area (Å²) in [6.07, 6.45) is 4.46. The van der Waals surface area contributed by atoms with E-state index in [-0.39, 0.29) is 18.1 Å². The Labute approximate surface area is 174 Å². The number of carbonyl (C=O) groups excluding carboxylic acids is 1. The van der Waals surface area contributed by atoms with Gasteiger partial charge in [0.05, 0.1) is 14.2 Å². The van der Waals surface area contributed by atoms with Gasteiger partial charge in [-0.15, -0.1) is 0 Å². The average molecular weight is 416 g/mol. The van der Waals surface area contributed by atoms with E-state index in [9.17, 15) is 14.4 Å². The number of rotatable bonds is 9. The Balaban J connectivity index is 2.43. The summed E-state index contributed by atoms with van der Waals surface area (Å²) in [5, 5.41) is 0. The van der Waals surface area contributed by atoms with Crippen LogP contribution in [-0.4, -0.2) is 36.2 Å². The second-order valence-corrected chi connectivity index (χ2v) is 6.52. The summed E-state index contributed by atoms with van der Waals surface area (Å²) in [4.78, 5) is 40.9. The third kappa shape index (κ3) is 4.91. The molecule has 0 radical (unpaired) electrons. The van der Waals surface area contributed by atoms with Gasteiger partial charge >= 0.3 is 5.69 Å². The summed E-state index contributed by atoms with van der Waals surface area (Å²) in [7, 11) is 3.07. The second-order valence-electron chi connectivity index (χ2n) is 6.52. The van der Waals surface area contributed by atoms with Gasteiger partial charge in [-0.3, -0.25) is 19.1 Å². The van der Waals surface area contributed by atoms with Gasteiger partial charge in [0.15, 0.2) is 5.69 Å². The van der Waals surface area contributed by atoms with E-state index in [1.165, 1.54) is 22.7 Å². The summed E-state index contributed by atoms with van der Waals surface area (Å²) in [5.41, 5.74) is 5.42. The molecule has 30 heavy (non-hydrogen) atoms. The molecule has 0 aliphatic heterocycles. The van der Waals surface area contributed by atoms with Crippen molar-refractivity contribution in [1.29, 1.82) is 0 Å². The van der Waals surface area contributed by atoms with Crippen molar-refractivity contribution in [2.24, 2.45) is 0 Å². The van der Waals surface area contributed by atoms with Crippen molar-refractivity contribution in [1.82, 2.24) is 9.55 Å². The number of H-pyrrole nitrogens is 1. The number of anilines is 2. The molecule has 0 aliphatic carbocycles. The van der Waals surface area contributed by atoms with Crippen molar-refractivity contribution in [2.45, 2.75) is 33.2 Å². The summed E-state index contributed by atoms with van der Waals surface area (Å²) in [6, 6.07) is 5.20. The molecule has 1 amide bonds. The predicted octanol–water partition coefficient (Wildman–Crippen LogP) is 2.00. The summed E-state index contributed by atoms with van der Waals surface area (Å²) in [5.74, 6) is 0.687. The van der Waals surface area contributed by atoms with Crippen LogP contribution in [0.2, 0.25) is 0 Å². The molecule has 0 bridgehead atoms. The number of amides is 1. The fourth-order valence-corrected chi connectivity index (χ4v) is 3.02. The van der Waals surface area contributed by atoms with Gasteiger partial charge in [-0.05, 0) is 37.6 Å². The van der Waals surface area contributed by atoms with Crippen LogP contribution in [0.15, 0.2) is 33.9 Å². The molecule has 9 nitrogen and oxygen atoms in total. The molecule has 0 fully saturated rings. The first-order chi connectivity index (χ1) is 14.4. The van der Waals surface area contributed by atoms with Crippen LogP contribution < -0.4 is 31.4 Å². The molecule has 0 atom stereocenters. The number of nitrogens with one attached hydrogen (secondary N) is 1. The normalized spacial score (nSPS) is 10.9. The Morgan fingerprint density at radius 3 is 2.57 bits per heavy atom. The van der Waals surface area contributed by atoms with E-state index in [1.807, 2.05) is 6.92 Å². The van der Waals surface area contributed by atoms with Crippen molar-refractivity contribution in [3.63, 3.8) is 0 Å². The fraction of sp³-hybridized carbons (Fsp3) is 0.381. The predicted molar refractivity (Wildman–Crippen MR) is 117 cm³/mol. The van der Waals surface area contributed by atoms with E-state index in [0.717, 1.165) is 6.42 Å². The quantitative estimate of drug-likeness (QED) is 0.604. The third-order valence-corrected chi connectivity index (χ3v) is 4.64. The molecule has 1 aromatic heterocycles. The van der Waals surface area contributed by atoms with Crippen molar-refractivity contribution in [2.75, 3.05) is 31.4 Å². The average Bonchev–Trinajstić information content (AvgIpc) is 2.74. The maximum atomic E-state index is 12.9. The lowest BCUT2D eigenvalue weighted by molar-refractivity contribution is -0.114. The molecule has 0 saturated heterocycles. The van der Waals surface area contributed by atoms with Crippen LogP contribution in [0.1, 0.15) is 32.3 Å². The first-order valence-electron chi connectivity index (χ1n) is 9.72. The minimum Gasteiger partial charge on any atom is -0.497 e. The number of nitrogen functional groups attached to an aromatic ring is 1. The molecular formula is C21H28N4O5. The number of methoxy groups -OCH3 is 2. The smallest absolute Gasteiger partial charge is 0.330 e.